The molecule has 0 aromatic heterocycles. The number of hydrogen-bond donors (Lipinski definition) is 0. The minimum atomic E-state index is -4.67. The Hall–Kier alpha value is -1.32. The molecule has 0 radical (unpaired) electrons. The topological polar surface area (TPSA) is 0 Å². The molecule has 0 spiro atoms. The molecule has 1 aromatic rings. The van der Waals surface area contributed by atoms with Gasteiger partial charge in [0.05, 0.1) is 5.56 Å². The smallest absolute Gasteiger partial charge is 0.206 e. The van der Waals surface area contributed by atoms with E-state index in [4.69, 9.17) is 0 Å². The maximum absolute atomic E-state index is 14.6. The third-order valence-electron chi connectivity index (χ3n) is 4.82. The molecule has 0 unspecified atom stereocenters. The Morgan fingerprint density at radius 1 is 1.13 bits per heavy atom. The summed E-state index contributed by atoms with van der Waals surface area (Å²) in [4.78, 5) is 0. The van der Waals surface area contributed by atoms with Gasteiger partial charge in [-0.25, -0.2) is 4.39 Å². The van der Waals surface area contributed by atoms with Crippen molar-refractivity contribution in [3.8, 4) is 0 Å². The first-order chi connectivity index (χ1) is 10.9. The van der Waals surface area contributed by atoms with Crippen LogP contribution in [0, 0.1) is 11.7 Å². The summed E-state index contributed by atoms with van der Waals surface area (Å²) in [6.45, 7) is 3.77. The number of benzene rings is 1. The molecule has 1 aliphatic rings. The van der Waals surface area contributed by atoms with Crippen molar-refractivity contribution >= 4 is 6.08 Å². The van der Waals surface area contributed by atoms with Gasteiger partial charge in [0.2, 0.25) is 0 Å². The summed E-state index contributed by atoms with van der Waals surface area (Å²) in [6.07, 6.45) is 3.94. The maximum atomic E-state index is 14.6. The fourth-order valence-electron chi connectivity index (χ4n) is 3.70. The highest BCUT2D eigenvalue weighted by molar-refractivity contribution is 5.56. The van der Waals surface area contributed by atoms with Crippen LogP contribution in [0.1, 0.15) is 75.0 Å². The van der Waals surface area contributed by atoms with E-state index in [9.17, 15) is 17.6 Å². The molecule has 1 saturated carbocycles. The van der Waals surface area contributed by atoms with Crippen molar-refractivity contribution in [1.82, 2.24) is 0 Å². The fraction of sp³-hybridized carbons (Fsp3) is 0.579. The van der Waals surface area contributed by atoms with E-state index in [0.717, 1.165) is 38.5 Å². The molecule has 0 amide bonds. The van der Waals surface area contributed by atoms with Crippen LogP contribution >= 0.6 is 0 Å². The van der Waals surface area contributed by atoms with Gasteiger partial charge in [0.1, 0.15) is 5.82 Å². The van der Waals surface area contributed by atoms with Gasteiger partial charge in [-0.3, -0.25) is 0 Å². The van der Waals surface area contributed by atoms with Crippen molar-refractivity contribution in [1.29, 1.82) is 0 Å². The molecule has 0 aliphatic heterocycles. The number of allylic oxidation sites excluding steroid dienone is 1. The second-order valence-corrected chi connectivity index (χ2v) is 6.44. The van der Waals surface area contributed by atoms with Crippen LogP contribution < -0.4 is 0 Å². The third-order valence-corrected chi connectivity index (χ3v) is 4.82. The van der Waals surface area contributed by atoms with E-state index in [1.807, 2.05) is 0 Å². The van der Waals surface area contributed by atoms with E-state index < -0.39 is 17.6 Å². The van der Waals surface area contributed by atoms with Gasteiger partial charge in [0, 0.05) is 0 Å². The zero-order valence-electron chi connectivity index (χ0n) is 13.7. The predicted octanol–water partition coefficient (Wildman–Crippen LogP) is 6.95. The number of alkyl halides is 3. The first kappa shape index (κ1) is 18.0. The molecule has 23 heavy (non-hydrogen) atoms. The minimum absolute atomic E-state index is 0.0936. The predicted molar refractivity (Wildman–Crippen MR) is 85.7 cm³/mol. The summed E-state index contributed by atoms with van der Waals surface area (Å²) in [7, 11) is 0. The van der Waals surface area contributed by atoms with Gasteiger partial charge >= 0.3 is 6.18 Å². The van der Waals surface area contributed by atoms with Gasteiger partial charge in [-0.1, -0.05) is 44.1 Å². The van der Waals surface area contributed by atoms with Crippen molar-refractivity contribution in [3.05, 3.63) is 40.7 Å². The molecule has 0 heterocycles. The van der Waals surface area contributed by atoms with Gasteiger partial charge in [0.25, 0.3) is 0 Å². The molecular weight excluding hydrogens is 304 g/mol. The number of rotatable bonds is 4. The molecule has 0 nitrogen and oxygen atoms in total. The van der Waals surface area contributed by atoms with Gasteiger partial charge in [-0.05, 0) is 55.6 Å². The highest BCUT2D eigenvalue weighted by Crippen LogP contribution is 2.42. The third kappa shape index (κ3) is 4.15. The standard InChI is InChI=1S/C19H24F4/c1-3-5-13-7-9-14(10-8-13)16-12-11-15(6-4-2)17(18(16)20)19(21,22)23/h4,6,11-14H,3,5,7-10H2,1-2H3. The lowest BCUT2D eigenvalue weighted by molar-refractivity contribution is -0.140. The molecule has 1 fully saturated rings. The molecule has 0 saturated heterocycles. The van der Waals surface area contributed by atoms with E-state index in [-0.39, 0.29) is 17.0 Å². The van der Waals surface area contributed by atoms with Gasteiger partial charge in [0.15, 0.2) is 0 Å². The zero-order valence-corrected chi connectivity index (χ0v) is 13.7. The van der Waals surface area contributed by atoms with E-state index in [0.29, 0.717) is 5.92 Å². The van der Waals surface area contributed by atoms with E-state index >= 15 is 0 Å². The number of halogens is 4. The maximum Gasteiger partial charge on any atom is 0.419 e. The Bertz CT molecular complexity index is 549. The molecule has 0 N–H and O–H groups in total. The van der Waals surface area contributed by atoms with Crippen molar-refractivity contribution < 1.29 is 17.6 Å². The van der Waals surface area contributed by atoms with Crippen LogP contribution in [0.4, 0.5) is 17.6 Å². The monoisotopic (exact) mass is 328 g/mol. The first-order valence-electron chi connectivity index (χ1n) is 8.40. The molecule has 4 heteroatoms. The molecule has 1 aromatic carbocycles. The van der Waals surface area contributed by atoms with E-state index in [2.05, 4.69) is 6.92 Å². The van der Waals surface area contributed by atoms with Crippen molar-refractivity contribution in [2.24, 2.45) is 5.92 Å². The van der Waals surface area contributed by atoms with Crippen LogP contribution in [0.2, 0.25) is 0 Å². The average molecular weight is 328 g/mol. The molecule has 128 valence electrons. The van der Waals surface area contributed by atoms with Crippen molar-refractivity contribution in [3.63, 3.8) is 0 Å². The molecule has 0 bridgehead atoms. The van der Waals surface area contributed by atoms with E-state index in [1.165, 1.54) is 18.2 Å². The second-order valence-electron chi connectivity index (χ2n) is 6.44. The largest absolute Gasteiger partial charge is 0.419 e. The lowest BCUT2D eigenvalue weighted by Crippen LogP contribution is -2.17. The fourth-order valence-corrected chi connectivity index (χ4v) is 3.70. The average Bonchev–Trinajstić information content (AvgIpc) is 2.48. The quantitative estimate of drug-likeness (QED) is 0.524. The van der Waals surface area contributed by atoms with Gasteiger partial charge < -0.3 is 0 Å². The highest BCUT2D eigenvalue weighted by Gasteiger charge is 2.38. The minimum Gasteiger partial charge on any atom is -0.206 e. The first-order valence-corrected chi connectivity index (χ1v) is 8.40. The Morgan fingerprint density at radius 3 is 2.30 bits per heavy atom. The summed E-state index contributed by atoms with van der Waals surface area (Å²) in [6, 6.07) is 2.95. The summed E-state index contributed by atoms with van der Waals surface area (Å²) in [5, 5.41) is 0. The second kappa shape index (κ2) is 7.50. The summed E-state index contributed by atoms with van der Waals surface area (Å²) in [5.74, 6) is -0.528. The molecule has 0 atom stereocenters. The summed E-state index contributed by atoms with van der Waals surface area (Å²) < 4.78 is 54.4. The molecular formula is C19H24F4. The van der Waals surface area contributed by atoms with Crippen LogP contribution in [-0.2, 0) is 6.18 Å². The molecule has 2 rings (SSSR count). The van der Waals surface area contributed by atoms with Crippen molar-refractivity contribution in [2.75, 3.05) is 0 Å². The lowest BCUT2D eigenvalue weighted by Gasteiger charge is -2.29. The zero-order chi connectivity index (χ0) is 17.0. The SMILES string of the molecule is CC=Cc1ccc(C2CCC(CCC)CC2)c(F)c1C(F)(F)F. The van der Waals surface area contributed by atoms with Gasteiger partial charge in [-0.15, -0.1) is 0 Å². The molecule has 1 aliphatic carbocycles. The normalized spacial score (nSPS) is 22.7. The van der Waals surface area contributed by atoms with Crippen LogP contribution in [0.5, 0.6) is 0 Å². The Labute approximate surface area is 135 Å². The van der Waals surface area contributed by atoms with Crippen molar-refractivity contribution in [2.45, 2.75) is 64.5 Å². The Balaban J connectivity index is 2.31. The van der Waals surface area contributed by atoms with Crippen LogP contribution in [0.25, 0.3) is 6.08 Å². The summed E-state index contributed by atoms with van der Waals surface area (Å²) >= 11 is 0. The number of hydrogen-bond acceptors (Lipinski definition) is 0. The van der Waals surface area contributed by atoms with E-state index in [1.54, 1.807) is 13.0 Å². The van der Waals surface area contributed by atoms with Crippen LogP contribution in [0.15, 0.2) is 18.2 Å². The van der Waals surface area contributed by atoms with Crippen LogP contribution in [0.3, 0.4) is 0 Å². The summed E-state index contributed by atoms with van der Waals surface area (Å²) in [5.41, 5.74) is -0.981. The Morgan fingerprint density at radius 2 is 1.78 bits per heavy atom. The lowest BCUT2D eigenvalue weighted by atomic mass is 9.76. The highest BCUT2D eigenvalue weighted by atomic mass is 19.4. The van der Waals surface area contributed by atoms with Crippen LogP contribution in [-0.4, -0.2) is 0 Å². The van der Waals surface area contributed by atoms with Gasteiger partial charge in [-0.2, -0.15) is 13.2 Å². The Kier molecular flexibility index (Phi) is 5.88.